The molecule has 1 nitrogen and oxygen atoms in total. The maximum atomic E-state index is 4.07. The van der Waals surface area contributed by atoms with Gasteiger partial charge >= 0.3 is 0 Å². The summed E-state index contributed by atoms with van der Waals surface area (Å²) in [6, 6.07) is 4.17. The van der Waals surface area contributed by atoms with Crippen LogP contribution in [-0.4, -0.2) is 4.57 Å². The first kappa shape index (κ1) is 8.38. The lowest BCUT2D eigenvalue weighted by Gasteiger charge is -2.10. The van der Waals surface area contributed by atoms with Gasteiger partial charge in [-0.1, -0.05) is 13.3 Å². The van der Waals surface area contributed by atoms with E-state index in [1.165, 1.54) is 5.69 Å². The van der Waals surface area contributed by atoms with E-state index in [1.807, 2.05) is 0 Å². The Hall–Kier alpha value is -0.720. The third kappa shape index (κ3) is 1.86. The highest BCUT2D eigenvalue weighted by atomic mass is 14.9. The van der Waals surface area contributed by atoms with Gasteiger partial charge in [0.05, 0.1) is 0 Å². The summed E-state index contributed by atoms with van der Waals surface area (Å²) in [6.07, 6.45) is 4.08. The molecule has 0 aromatic carbocycles. The molecule has 0 aliphatic carbocycles. The number of aromatic nitrogens is 1. The number of rotatable bonds is 3. The van der Waals surface area contributed by atoms with Crippen LogP contribution in [-0.2, 0) is 7.05 Å². The summed E-state index contributed by atoms with van der Waals surface area (Å²) >= 11 is 0. The Morgan fingerprint density at radius 2 is 2.36 bits per heavy atom. The third-order valence-corrected chi connectivity index (χ3v) is 1.95. The maximum Gasteiger partial charge on any atom is 0.0202 e. The second kappa shape index (κ2) is 3.61. The highest BCUT2D eigenvalue weighted by molar-refractivity contribution is 5.13. The predicted molar refractivity (Wildman–Crippen MR) is 48.1 cm³/mol. The fraction of sp³-hybridized carbons (Fsp3) is 0.400. The molecule has 0 fully saturated rings. The van der Waals surface area contributed by atoms with Crippen LogP contribution in [0.3, 0.4) is 0 Å². The van der Waals surface area contributed by atoms with Crippen LogP contribution in [0.4, 0.5) is 0 Å². The van der Waals surface area contributed by atoms with E-state index in [1.54, 1.807) is 0 Å². The minimum atomic E-state index is 0.396. The van der Waals surface area contributed by atoms with Gasteiger partial charge in [-0.3, -0.25) is 0 Å². The van der Waals surface area contributed by atoms with E-state index in [2.05, 4.69) is 43.8 Å². The summed E-state index contributed by atoms with van der Waals surface area (Å²) in [5.74, 6) is 0.396. The van der Waals surface area contributed by atoms with E-state index in [-0.39, 0.29) is 0 Å². The molecule has 0 aliphatic heterocycles. The number of aryl methyl sites for hydroxylation is 1. The first-order valence-electron chi connectivity index (χ1n) is 3.99. The summed E-state index contributed by atoms with van der Waals surface area (Å²) in [5.41, 5.74) is 1.30. The molecular weight excluding hydrogens is 134 g/mol. The fourth-order valence-corrected chi connectivity index (χ4v) is 1.29. The van der Waals surface area contributed by atoms with Crippen molar-refractivity contribution in [3.05, 3.63) is 37.9 Å². The molecule has 0 saturated heterocycles. The van der Waals surface area contributed by atoms with Crippen LogP contribution < -0.4 is 0 Å². The molecule has 2 radical (unpaired) electrons. The Morgan fingerprint density at radius 3 is 2.82 bits per heavy atom. The molecule has 1 heterocycles. The zero-order chi connectivity index (χ0) is 8.27. The second-order valence-electron chi connectivity index (χ2n) is 2.88. The lowest BCUT2D eigenvalue weighted by Crippen LogP contribution is -2.00. The van der Waals surface area contributed by atoms with E-state index < -0.39 is 0 Å². The molecule has 1 aromatic heterocycles. The molecule has 0 N–H and O–H groups in total. The van der Waals surface area contributed by atoms with Gasteiger partial charge in [0.25, 0.3) is 0 Å². The van der Waals surface area contributed by atoms with Crippen LogP contribution in [0.1, 0.15) is 24.5 Å². The van der Waals surface area contributed by atoms with Gasteiger partial charge in [0.2, 0.25) is 0 Å². The number of hydrogen-bond acceptors (Lipinski definition) is 0. The fourth-order valence-electron chi connectivity index (χ4n) is 1.29. The van der Waals surface area contributed by atoms with E-state index in [0.29, 0.717) is 5.92 Å². The molecule has 1 aromatic rings. The van der Waals surface area contributed by atoms with Gasteiger partial charge in [0.15, 0.2) is 0 Å². The first-order valence-corrected chi connectivity index (χ1v) is 3.99. The molecule has 0 bridgehead atoms. The monoisotopic (exact) mass is 149 g/mol. The van der Waals surface area contributed by atoms with Crippen LogP contribution >= 0.6 is 0 Å². The maximum absolute atomic E-state index is 4.07. The number of hydrogen-bond donors (Lipinski definition) is 0. The molecule has 1 atom stereocenters. The predicted octanol–water partition coefficient (Wildman–Crippen LogP) is 2.56. The molecule has 0 amide bonds. The highest BCUT2D eigenvalue weighted by Gasteiger charge is 2.05. The van der Waals surface area contributed by atoms with Crippen LogP contribution in [0.5, 0.6) is 0 Å². The molecule has 1 heteroatoms. The summed E-state index contributed by atoms with van der Waals surface area (Å²) in [5, 5.41) is 0. The van der Waals surface area contributed by atoms with Crippen LogP contribution in [0.15, 0.2) is 18.3 Å². The van der Waals surface area contributed by atoms with E-state index >= 15 is 0 Å². The van der Waals surface area contributed by atoms with Crippen molar-refractivity contribution in [2.75, 3.05) is 0 Å². The van der Waals surface area contributed by atoms with Gasteiger partial charge in [-0.2, -0.15) is 0 Å². The van der Waals surface area contributed by atoms with E-state index in [9.17, 15) is 0 Å². The van der Waals surface area contributed by atoms with Gasteiger partial charge in [0, 0.05) is 18.9 Å². The zero-order valence-electron chi connectivity index (χ0n) is 7.09. The van der Waals surface area contributed by atoms with Crippen molar-refractivity contribution in [2.45, 2.75) is 18.8 Å². The van der Waals surface area contributed by atoms with Crippen molar-refractivity contribution in [3.8, 4) is 0 Å². The molecule has 0 aliphatic rings. The van der Waals surface area contributed by atoms with Crippen molar-refractivity contribution in [2.24, 2.45) is 7.05 Å². The molecule has 11 heavy (non-hydrogen) atoms. The van der Waals surface area contributed by atoms with Crippen LogP contribution in [0.2, 0.25) is 0 Å². The molecule has 60 valence electrons. The standard InChI is InChI=1S/C10H15N/c1-4-6-9(2)10-7-5-8-11(10)3/h5,7-9H,1-2,4,6H2,3H3. The molecule has 0 spiro atoms. The lowest BCUT2D eigenvalue weighted by molar-refractivity contribution is 0.683. The van der Waals surface area contributed by atoms with Gasteiger partial charge in [-0.25, -0.2) is 0 Å². The topological polar surface area (TPSA) is 4.93 Å². The van der Waals surface area contributed by atoms with Crippen LogP contribution in [0, 0.1) is 13.8 Å². The van der Waals surface area contributed by atoms with Crippen molar-refractivity contribution < 1.29 is 0 Å². The largest absolute Gasteiger partial charge is 0.354 e. The van der Waals surface area contributed by atoms with Crippen LogP contribution in [0.25, 0.3) is 0 Å². The first-order chi connectivity index (χ1) is 5.25. The summed E-state index contributed by atoms with van der Waals surface area (Å²) in [7, 11) is 2.05. The Kier molecular flexibility index (Phi) is 2.75. The molecular formula is C10H15N. The Labute approximate surface area is 69.0 Å². The average Bonchev–Trinajstić information content (AvgIpc) is 2.36. The van der Waals surface area contributed by atoms with Gasteiger partial charge < -0.3 is 4.57 Å². The average molecular weight is 149 g/mol. The Morgan fingerprint density at radius 1 is 1.64 bits per heavy atom. The summed E-state index contributed by atoms with van der Waals surface area (Å²) in [6.45, 7) is 7.89. The number of nitrogens with zero attached hydrogens (tertiary/aromatic N) is 1. The quantitative estimate of drug-likeness (QED) is 0.622. The van der Waals surface area contributed by atoms with Crippen molar-refractivity contribution in [1.82, 2.24) is 4.57 Å². The molecule has 1 unspecified atom stereocenters. The van der Waals surface area contributed by atoms with Gasteiger partial charge in [-0.15, -0.1) is 0 Å². The minimum Gasteiger partial charge on any atom is -0.354 e. The van der Waals surface area contributed by atoms with Crippen molar-refractivity contribution in [3.63, 3.8) is 0 Å². The molecule has 1 rings (SSSR count). The second-order valence-corrected chi connectivity index (χ2v) is 2.88. The third-order valence-electron chi connectivity index (χ3n) is 1.95. The lowest BCUT2D eigenvalue weighted by atomic mass is 10.0. The van der Waals surface area contributed by atoms with Gasteiger partial charge in [0.1, 0.15) is 0 Å². The Balaban J connectivity index is 2.67. The summed E-state index contributed by atoms with van der Waals surface area (Å²) in [4.78, 5) is 0. The SMILES string of the molecule is [CH2]CCC([CH2])c1cccn1C. The zero-order valence-corrected chi connectivity index (χ0v) is 7.09. The minimum absolute atomic E-state index is 0.396. The van der Waals surface area contributed by atoms with E-state index in [0.717, 1.165) is 12.8 Å². The summed E-state index contributed by atoms with van der Waals surface area (Å²) < 4.78 is 2.12. The van der Waals surface area contributed by atoms with Crippen molar-refractivity contribution >= 4 is 0 Å². The van der Waals surface area contributed by atoms with Crippen molar-refractivity contribution in [1.29, 1.82) is 0 Å². The van der Waals surface area contributed by atoms with Gasteiger partial charge in [-0.05, 0) is 31.4 Å². The smallest absolute Gasteiger partial charge is 0.0202 e. The normalized spacial score (nSPS) is 13.4. The Bertz CT molecular complexity index is 212. The molecule has 0 saturated carbocycles. The van der Waals surface area contributed by atoms with E-state index in [4.69, 9.17) is 0 Å². The highest BCUT2D eigenvalue weighted by Crippen LogP contribution is 2.19.